The Bertz CT molecular complexity index is 1050. The number of aromatic nitrogens is 1. The third-order valence-electron chi connectivity index (χ3n) is 5.75. The van der Waals surface area contributed by atoms with Gasteiger partial charge in [-0.25, -0.2) is 4.98 Å². The zero-order chi connectivity index (χ0) is 21.1. The maximum atomic E-state index is 13.4. The summed E-state index contributed by atoms with van der Waals surface area (Å²) in [5, 5.41) is 0.719. The number of primary amides is 1. The van der Waals surface area contributed by atoms with E-state index in [0.29, 0.717) is 19.6 Å². The molecule has 1 saturated heterocycles. The summed E-state index contributed by atoms with van der Waals surface area (Å²) in [7, 11) is 0. The highest BCUT2D eigenvalue weighted by Gasteiger charge is 2.31. The summed E-state index contributed by atoms with van der Waals surface area (Å²) < 4.78 is 1.08. The van der Waals surface area contributed by atoms with Crippen molar-refractivity contribution in [2.45, 2.75) is 26.3 Å². The number of hydrogen-bond donors (Lipinski definition) is 2. The number of carbonyl (C=O) groups is 2. The van der Waals surface area contributed by atoms with E-state index in [2.05, 4.69) is 0 Å². The number of likely N-dealkylation sites (tertiary alicyclic amines) is 1. The number of nitrogens with two attached hydrogens (primary N) is 1. The van der Waals surface area contributed by atoms with E-state index in [-0.39, 0.29) is 17.7 Å². The van der Waals surface area contributed by atoms with Crippen LogP contribution >= 0.6 is 11.3 Å². The molecule has 6 nitrogen and oxygen atoms in total. The molecular weight excluding hydrogens is 396 g/mol. The summed E-state index contributed by atoms with van der Waals surface area (Å²) in [6.45, 7) is 4.36. The number of thiazole rings is 1. The summed E-state index contributed by atoms with van der Waals surface area (Å²) in [6, 6.07) is 16.1. The number of piperidine rings is 1. The fourth-order valence-electron chi connectivity index (χ4n) is 4.08. The van der Waals surface area contributed by atoms with Crippen LogP contribution in [0.15, 0.2) is 48.5 Å². The van der Waals surface area contributed by atoms with Crippen LogP contribution in [0.4, 0.5) is 5.13 Å². The molecule has 3 N–H and O–H groups in total. The van der Waals surface area contributed by atoms with Crippen LogP contribution in [0.3, 0.4) is 0 Å². The summed E-state index contributed by atoms with van der Waals surface area (Å²) >= 11 is 1.55. The predicted molar refractivity (Wildman–Crippen MR) is 119 cm³/mol. The lowest BCUT2D eigenvalue weighted by Crippen LogP contribution is -3.15. The number of benzene rings is 2. The molecular formula is C23H27N4O2S+. The third kappa shape index (κ3) is 4.52. The molecule has 2 heterocycles. The average molecular weight is 424 g/mol. The van der Waals surface area contributed by atoms with Crippen molar-refractivity contribution in [3.8, 4) is 0 Å². The van der Waals surface area contributed by atoms with Crippen LogP contribution in [0.25, 0.3) is 10.2 Å². The van der Waals surface area contributed by atoms with E-state index in [0.717, 1.165) is 50.8 Å². The Hall–Kier alpha value is -2.77. The van der Waals surface area contributed by atoms with Crippen LogP contribution in [-0.2, 0) is 16.1 Å². The standard InChI is InChI=1S/C23H26N4O2S/c1-16-7-5-11-19-21(16)25-23(30-19)27(13-17-8-3-2-4-9-17)20(28)15-26-12-6-10-18(14-26)22(24)29/h2-5,7-9,11,18H,6,10,12-15H2,1H3,(H2,24,29)/p+1/t18-/m1/s1. The van der Waals surface area contributed by atoms with E-state index in [1.54, 1.807) is 16.2 Å². The fraction of sp³-hybridized carbons (Fsp3) is 0.348. The molecule has 2 amide bonds. The van der Waals surface area contributed by atoms with Crippen LogP contribution in [0.1, 0.15) is 24.0 Å². The highest BCUT2D eigenvalue weighted by atomic mass is 32.1. The monoisotopic (exact) mass is 423 g/mol. The maximum Gasteiger partial charge on any atom is 0.284 e. The number of anilines is 1. The molecule has 1 unspecified atom stereocenters. The Balaban J connectivity index is 1.60. The molecule has 156 valence electrons. The summed E-state index contributed by atoms with van der Waals surface area (Å²) in [5.41, 5.74) is 8.63. The Morgan fingerprint density at radius 2 is 2.00 bits per heavy atom. The highest BCUT2D eigenvalue weighted by Crippen LogP contribution is 2.31. The van der Waals surface area contributed by atoms with Crippen molar-refractivity contribution in [3.05, 3.63) is 59.7 Å². The van der Waals surface area contributed by atoms with E-state index in [1.165, 1.54) is 0 Å². The van der Waals surface area contributed by atoms with E-state index in [4.69, 9.17) is 10.7 Å². The lowest BCUT2D eigenvalue weighted by atomic mass is 9.97. The number of nitrogens with one attached hydrogen (secondary N) is 1. The molecule has 0 saturated carbocycles. The third-order valence-corrected chi connectivity index (χ3v) is 6.79. The number of nitrogens with zero attached hydrogens (tertiary/aromatic N) is 2. The maximum absolute atomic E-state index is 13.4. The second kappa shape index (κ2) is 8.93. The average Bonchev–Trinajstić information content (AvgIpc) is 3.18. The van der Waals surface area contributed by atoms with Crippen LogP contribution in [0.2, 0.25) is 0 Å². The second-order valence-corrected chi connectivity index (χ2v) is 9.02. The number of hydrogen-bond acceptors (Lipinski definition) is 4. The van der Waals surface area contributed by atoms with Crippen molar-refractivity contribution in [1.29, 1.82) is 0 Å². The normalized spacial score (nSPS) is 19.0. The van der Waals surface area contributed by atoms with Crippen molar-refractivity contribution in [3.63, 3.8) is 0 Å². The van der Waals surface area contributed by atoms with Gasteiger partial charge in [0.25, 0.3) is 5.91 Å². The first-order valence-electron chi connectivity index (χ1n) is 10.3. The topological polar surface area (TPSA) is 80.7 Å². The molecule has 7 heteroatoms. The summed E-state index contributed by atoms with van der Waals surface area (Å²) in [5.74, 6) is -0.382. The summed E-state index contributed by atoms with van der Waals surface area (Å²) in [6.07, 6.45) is 1.73. The predicted octanol–water partition coefficient (Wildman–Crippen LogP) is 1.92. The SMILES string of the molecule is Cc1cccc2sc(N(Cc3ccccc3)C(=O)C[NH+]3CCC[C@@H](C(N)=O)C3)nc12. The number of amides is 2. The Morgan fingerprint density at radius 3 is 2.73 bits per heavy atom. The Labute approximate surface area is 180 Å². The van der Waals surface area contributed by atoms with E-state index >= 15 is 0 Å². The summed E-state index contributed by atoms with van der Waals surface area (Å²) in [4.78, 5) is 32.7. The molecule has 2 aromatic carbocycles. The molecule has 0 bridgehead atoms. The van der Waals surface area contributed by atoms with Gasteiger partial charge in [-0.05, 0) is 37.0 Å². The van der Waals surface area contributed by atoms with Crippen molar-refractivity contribution < 1.29 is 14.5 Å². The molecule has 1 aliphatic rings. The molecule has 0 spiro atoms. The van der Waals surface area contributed by atoms with Gasteiger partial charge in [-0.1, -0.05) is 53.8 Å². The van der Waals surface area contributed by atoms with E-state index < -0.39 is 0 Å². The second-order valence-electron chi connectivity index (χ2n) is 8.01. The van der Waals surface area contributed by atoms with Gasteiger partial charge in [0.2, 0.25) is 5.91 Å². The van der Waals surface area contributed by atoms with E-state index in [1.807, 2.05) is 55.5 Å². The van der Waals surface area contributed by atoms with Gasteiger partial charge < -0.3 is 10.6 Å². The molecule has 30 heavy (non-hydrogen) atoms. The van der Waals surface area contributed by atoms with Gasteiger partial charge in [0, 0.05) is 0 Å². The lowest BCUT2D eigenvalue weighted by molar-refractivity contribution is -0.899. The van der Waals surface area contributed by atoms with Crippen LogP contribution < -0.4 is 15.5 Å². The molecule has 4 rings (SSSR count). The lowest BCUT2D eigenvalue weighted by Gasteiger charge is -2.29. The number of carbonyl (C=O) groups excluding carboxylic acids is 2. The van der Waals surface area contributed by atoms with Crippen LogP contribution in [-0.4, -0.2) is 36.4 Å². The van der Waals surface area contributed by atoms with Gasteiger partial charge in [0.15, 0.2) is 11.7 Å². The highest BCUT2D eigenvalue weighted by molar-refractivity contribution is 7.22. The van der Waals surface area contributed by atoms with Crippen molar-refractivity contribution in [2.24, 2.45) is 11.7 Å². The first-order chi connectivity index (χ1) is 14.5. The quantitative estimate of drug-likeness (QED) is 0.636. The van der Waals surface area contributed by atoms with Gasteiger partial charge in [0.05, 0.1) is 35.8 Å². The number of rotatable bonds is 6. The first-order valence-corrected chi connectivity index (χ1v) is 11.2. The minimum Gasteiger partial charge on any atom is -0.369 e. The largest absolute Gasteiger partial charge is 0.369 e. The minimum absolute atomic E-state index is 0.0238. The van der Waals surface area contributed by atoms with Crippen LogP contribution in [0.5, 0.6) is 0 Å². The molecule has 1 aromatic heterocycles. The molecule has 1 fully saturated rings. The van der Waals surface area contributed by atoms with Gasteiger partial charge in [-0.15, -0.1) is 0 Å². The smallest absolute Gasteiger partial charge is 0.284 e. The molecule has 3 aromatic rings. The number of aryl methyl sites for hydroxylation is 1. The zero-order valence-electron chi connectivity index (χ0n) is 17.1. The molecule has 0 aliphatic carbocycles. The molecule has 2 atom stereocenters. The van der Waals surface area contributed by atoms with Crippen molar-refractivity contribution in [1.82, 2.24) is 4.98 Å². The Morgan fingerprint density at radius 1 is 1.20 bits per heavy atom. The van der Waals surface area contributed by atoms with Crippen molar-refractivity contribution >= 4 is 38.5 Å². The number of fused-ring (bicyclic) bond motifs is 1. The number of para-hydroxylation sites is 1. The first kappa shape index (κ1) is 20.5. The van der Waals surface area contributed by atoms with Gasteiger partial charge >= 0.3 is 0 Å². The van der Waals surface area contributed by atoms with Crippen LogP contribution in [0, 0.1) is 12.8 Å². The van der Waals surface area contributed by atoms with E-state index in [9.17, 15) is 9.59 Å². The van der Waals surface area contributed by atoms with Gasteiger partial charge in [-0.2, -0.15) is 0 Å². The molecule has 1 aliphatic heterocycles. The molecule has 0 radical (unpaired) electrons. The number of quaternary nitrogens is 1. The minimum atomic E-state index is -0.262. The fourth-order valence-corrected chi connectivity index (χ4v) is 5.14. The Kier molecular flexibility index (Phi) is 6.11. The zero-order valence-corrected chi connectivity index (χ0v) is 18.0. The van der Waals surface area contributed by atoms with Gasteiger partial charge in [-0.3, -0.25) is 14.5 Å². The van der Waals surface area contributed by atoms with Crippen molar-refractivity contribution in [2.75, 3.05) is 24.5 Å². The van der Waals surface area contributed by atoms with Gasteiger partial charge in [0.1, 0.15) is 0 Å².